The van der Waals surface area contributed by atoms with Crippen molar-refractivity contribution in [3.8, 4) is 11.3 Å². The topological polar surface area (TPSA) is 124 Å². The highest BCUT2D eigenvalue weighted by Gasteiger charge is 2.20. The van der Waals surface area contributed by atoms with Gasteiger partial charge < -0.3 is 19.8 Å². The number of rotatable bonds is 5. The number of aromatic nitrogens is 3. The number of nitrogens with two attached hydrogens (primary N) is 1. The van der Waals surface area contributed by atoms with Gasteiger partial charge in [0.05, 0.1) is 5.39 Å². The van der Waals surface area contributed by atoms with Crippen molar-refractivity contribution in [2.24, 2.45) is 0 Å². The van der Waals surface area contributed by atoms with Gasteiger partial charge in [-0.15, -0.1) is 0 Å². The summed E-state index contributed by atoms with van der Waals surface area (Å²) in [6.07, 6.45) is 0. The van der Waals surface area contributed by atoms with Gasteiger partial charge in [-0.3, -0.25) is 4.79 Å². The number of fused-ring (bicyclic) bond motifs is 1. The van der Waals surface area contributed by atoms with Crippen LogP contribution in [0.3, 0.4) is 0 Å². The third kappa shape index (κ3) is 4.00. The van der Waals surface area contributed by atoms with Crippen molar-refractivity contribution in [2.75, 3.05) is 24.7 Å². The molecule has 9 nitrogen and oxygen atoms in total. The highest BCUT2D eigenvalue weighted by Crippen LogP contribution is 2.27. The van der Waals surface area contributed by atoms with Crippen LogP contribution in [0.1, 0.15) is 21.7 Å². The number of ether oxygens (including phenoxy) is 1. The van der Waals surface area contributed by atoms with Gasteiger partial charge in [-0.05, 0) is 19.1 Å². The van der Waals surface area contributed by atoms with Crippen LogP contribution in [0.15, 0.2) is 57.7 Å². The van der Waals surface area contributed by atoms with Crippen molar-refractivity contribution >= 4 is 28.8 Å². The average molecular weight is 431 g/mol. The van der Waals surface area contributed by atoms with Gasteiger partial charge >= 0.3 is 5.97 Å². The van der Waals surface area contributed by atoms with Gasteiger partial charge in [-0.25, -0.2) is 4.79 Å². The van der Waals surface area contributed by atoms with E-state index in [0.717, 1.165) is 5.56 Å². The number of nitrogen functional groups attached to an aromatic ring is 1. The average Bonchev–Trinajstić information content (AvgIpc) is 2.79. The van der Waals surface area contributed by atoms with E-state index in [4.69, 9.17) is 14.9 Å². The molecule has 162 valence electrons. The number of para-hydroxylation sites is 1. The van der Waals surface area contributed by atoms with E-state index in [0.29, 0.717) is 22.7 Å². The SMILES string of the molecule is Cc1c(-c2ccccc2)oc2c(C(=O)OCc3nc(N)nc(N(C)C)n3)cccc2c1=O. The fraction of sp³-hybridized carbons (Fsp3) is 0.174. The Morgan fingerprint density at radius 1 is 1.06 bits per heavy atom. The lowest BCUT2D eigenvalue weighted by Crippen LogP contribution is -2.17. The summed E-state index contributed by atoms with van der Waals surface area (Å²) in [5.41, 5.74) is 7.00. The first-order valence-electron chi connectivity index (χ1n) is 9.82. The van der Waals surface area contributed by atoms with E-state index in [1.165, 1.54) is 0 Å². The molecule has 2 heterocycles. The number of nitrogens with zero attached hydrogens (tertiary/aromatic N) is 4. The molecule has 0 fully saturated rings. The monoisotopic (exact) mass is 431 g/mol. The summed E-state index contributed by atoms with van der Waals surface area (Å²) in [5, 5.41) is 0.302. The Bertz CT molecular complexity index is 1370. The summed E-state index contributed by atoms with van der Waals surface area (Å²) in [4.78, 5) is 39.7. The lowest BCUT2D eigenvalue weighted by Gasteiger charge is -2.12. The van der Waals surface area contributed by atoms with Crippen LogP contribution in [-0.2, 0) is 11.3 Å². The standard InChI is InChI=1S/C23H21N5O4/c1-13-18(29)15-10-7-11-16(20(15)32-19(13)14-8-5-4-6-9-14)21(30)31-12-17-25-22(24)27-23(26-17)28(2)3/h4-11H,12H2,1-3H3,(H2,24,25,26,27). The minimum absolute atomic E-state index is 0.0221. The summed E-state index contributed by atoms with van der Waals surface area (Å²) >= 11 is 0. The highest BCUT2D eigenvalue weighted by molar-refractivity contribution is 6.02. The van der Waals surface area contributed by atoms with Gasteiger partial charge in [0.1, 0.15) is 11.3 Å². The summed E-state index contributed by atoms with van der Waals surface area (Å²) in [5.74, 6) is 0.310. The number of hydrogen-bond donors (Lipinski definition) is 1. The second kappa shape index (κ2) is 8.46. The number of hydrogen-bond acceptors (Lipinski definition) is 9. The van der Waals surface area contributed by atoms with E-state index >= 15 is 0 Å². The molecule has 0 aliphatic heterocycles. The van der Waals surface area contributed by atoms with E-state index in [1.54, 1.807) is 44.1 Å². The third-order valence-corrected chi connectivity index (χ3v) is 4.82. The van der Waals surface area contributed by atoms with Crippen molar-refractivity contribution in [3.63, 3.8) is 0 Å². The Hall–Kier alpha value is -4.27. The zero-order valence-electron chi connectivity index (χ0n) is 17.8. The maximum Gasteiger partial charge on any atom is 0.342 e. The Morgan fingerprint density at radius 3 is 2.53 bits per heavy atom. The van der Waals surface area contributed by atoms with Crippen LogP contribution in [0, 0.1) is 6.92 Å². The van der Waals surface area contributed by atoms with Gasteiger partial charge in [-0.1, -0.05) is 36.4 Å². The predicted molar refractivity (Wildman–Crippen MR) is 120 cm³/mol. The van der Waals surface area contributed by atoms with E-state index in [2.05, 4.69) is 15.0 Å². The molecule has 0 bridgehead atoms. The predicted octanol–water partition coefficient (Wildman–Crippen LogP) is 2.96. The van der Waals surface area contributed by atoms with Crippen LogP contribution in [0.5, 0.6) is 0 Å². The Balaban J connectivity index is 1.71. The summed E-state index contributed by atoms with van der Waals surface area (Å²) in [6, 6.07) is 14.0. The maximum atomic E-state index is 13.0. The van der Waals surface area contributed by atoms with Crippen molar-refractivity contribution in [3.05, 3.63) is 75.7 Å². The first-order chi connectivity index (χ1) is 15.3. The second-order valence-electron chi connectivity index (χ2n) is 7.31. The summed E-state index contributed by atoms with van der Waals surface area (Å²) < 4.78 is 11.5. The third-order valence-electron chi connectivity index (χ3n) is 4.82. The molecule has 9 heteroatoms. The zero-order valence-corrected chi connectivity index (χ0v) is 17.8. The molecule has 0 saturated heterocycles. The molecule has 0 atom stereocenters. The quantitative estimate of drug-likeness (QED) is 0.475. The van der Waals surface area contributed by atoms with Crippen molar-refractivity contribution in [1.82, 2.24) is 15.0 Å². The molecule has 0 aliphatic carbocycles. The summed E-state index contributed by atoms with van der Waals surface area (Å²) in [7, 11) is 3.52. The molecular weight excluding hydrogens is 410 g/mol. The molecule has 2 aromatic carbocycles. The minimum atomic E-state index is -0.674. The smallest absolute Gasteiger partial charge is 0.342 e. The fourth-order valence-electron chi connectivity index (χ4n) is 3.23. The molecule has 4 aromatic rings. The number of esters is 1. The van der Waals surface area contributed by atoms with Crippen LogP contribution in [-0.4, -0.2) is 35.0 Å². The number of carbonyl (C=O) groups is 1. The molecule has 2 aromatic heterocycles. The Morgan fingerprint density at radius 2 is 1.81 bits per heavy atom. The second-order valence-corrected chi connectivity index (χ2v) is 7.31. The van der Waals surface area contributed by atoms with Crippen LogP contribution < -0.4 is 16.1 Å². The van der Waals surface area contributed by atoms with E-state index in [1.807, 2.05) is 30.3 Å². The van der Waals surface area contributed by atoms with Gasteiger partial charge in [-0.2, -0.15) is 15.0 Å². The summed E-state index contributed by atoms with van der Waals surface area (Å²) in [6.45, 7) is 1.48. The van der Waals surface area contributed by atoms with Gasteiger partial charge in [0, 0.05) is 25.2 Å². The molecule has 0 aliphatic rings. The molecular formula is C23H21N5O4. The number of benzene rings is 2. The van der Waals surface area contributed by atoms with Crippen LogP contribution in [0.25, 0.3) is 22.3 Å². The largest absolute Gasteiger partial charge is 0.455 e. The maximum absolute atomic E-state index is 13.0. The fourth-order valence-corrected chi connectivity index (χ4v) is 3.23. The molecule has 0 spiro atoms. The molecule has 0 unspecified atom stereocenters. The first kappa shape index (κ1) is 21.0. The van der Waals surface area contributed by atoms with Gasteiger partial charge in [0.25, 0.3) is 0 Å². The Labute approximate surface area is 183 Å². The zero-order chi connectivity index (χ0) is 22.8. The lowest BCUT2D eigenvalue weighted by atomic mass is 10.0. The highest BCUT2D eigenvalue weighted by atomic mass is 16.5. The van der Waals surface area contributed by atoms with Crippen LogP contribution in [0.4, 0.5) is 11.9 Å². The van der Waals surface area contributed by atoms with E-state index < -0.39 is 5.97 Å². The molecule has 0 saturated carbocycles. The van der Waals surface area contributed by atoms with E-state index in [9.17, 15) is 9.59 Å². The minimum Gasteiger partial charge on any atom is -0.455 e. The lowest BCUT2D eigenvalue weighted by molar-refractivity contribution is 0.0463. The molecule has 2 N–H and O–H groups in total. The van der Waals surface area contributed by atoms with Crippen molar-refractivity contribution < 1.29 is 13.9 Å². The van der Waals surface area contributed by atoms with Gasteiger partial charge in [0.2, 0.25) is 11.9 Å². The number of anilines is 2. The van der Waals surface area contributed by atoms with Crippen LogP contribution in [0.2, 0.25) is 0 Å². The van der Waals surface area contributed by atoms with Crippen LogP contribution >= 0.6 is 0 Å². The first-order valence-corrected chi connectivity index (χ1v) is 9.82. The van der Waals surface area contributed by atoms with Crippen molar-refractivity contribution in [1.29, 1.82) is 0 Å². The normalized spacial score (nSPS) is 10.8. The van der Waals surface area contributed by atoms with E-state index in [-0.39, 0.29) is 35.0 Å². The van der Waals surface area contributed by atoms with Gasteiger partial charge in [0.15, 0.2) is 23.4 Å². The Kier molecular flexibility index (Phi) is 5.55. The van der Waals surface area contributed by atoms with Crippen molar-refractivity contribution in [2.45, 2.75) is 13.5 Å². The molecule has 0 radical (unpaired) electrons. The molecule has 4 rings (SSSR count). The molecule has 0 amide bonds. The number of carbonyl (C=O) groups excluding carboxylic acids is 1. The molecule has 32 heavy (non-hydrogen) atoms.